The number of anilines is 1. The molecular weight excluding hydrogens is 288 g/mol. The summed E-state index contributed by atoms with van der Waals surface area (Å²) in [6, 6.07) is 19.6. The smallest absolute Gasteiger partial charge is 0.163 e. The van der Waals surface area contributed by atoms with E-state index in [0.717, 1.165) is 18.7 Å². The van der Waals surface area contributed by atoms with E-state index in [1.807, 2.05) is 24.3 Å². The normalized spacial score (nSPS) is 10.2. The molecular formula is C18H16N4O. The van der Waals surface area contributed by atoms with Crippen molar-refractivity contribution in [3.05, 3.63) is 60.3 Å². The van der Waals surface area contributed by atoms with E-state index in [9.17, 15) is 0 Å². The molecule has 0 aliphatic rings. The topological polar surface area (TPSA) is 70.8 Å². The van der Waals surface area contributed by atoms with Crippen LogP contribution < -0.4 is 10.1 Å². The summed E-state index contributed by atoms with van der Waals surface area (Å²) in [4.78, 5) is 0. The Kier molecular flexibility index (Phi) is 4.65. The molecule has 0 saturated carbocycles. The Hall–Kier alpha value is -3.13. The maximum absolute atomic E-state index is 8.66. The van der Waals surface area contributed by atoms with Crippen LogP contribution in [-0.4, -0.2) is 23.3 Å². The highest BCUT2D eigenvalue weighted by atomic mass is 16.5. The minimum atomic E-state index is 0.315. The summed E-state index contributed by atoms with van der Waals surface area (Å²) in [6.07, 6.45) is 0.842. The van der Waals surface area contributed by atoms with Gasteiger partial charge in [0.05, 0.1) is 6.61 Å². The van der Waals surface area contributed by atoms with Crippen molar-refractivity contribution in [2.45, 2.75) is 6.42 Å². The zero-order valence-electron chi connectivity index (χ0n) is 12.6. The Morgan fingerprint density at radius 3 is 2.65 bits per heavy atom. The summed E-state index contributed by atoms with van der Waals surface area (Å²) in [5.41, 5.74) is 0.315. The van der Waals surface area contributed by atoms with Crippen LogP contribution in [0.15, 0.2) is 54.6 Å². The summed E-state index contributed by atoms with van der Waals surface area (Å²) in [7, 11) is 0. The number of rotatable bonds is 6. The Balaban J connectivity index is 1.44. The van der Waals surface area contributed by atoms with Gasteiger partial charge < -0.3 is 10.1 Å². The van der Waals surface area contributed by atoms with E-state index in [1.54, 1.807) is 12.1 Å². The highest BCUT2D eigenvalue weighted by molar-refractivity contribution is 5.83. The molecule has 3 rings (SSSR count). The van der Waals surface area contributed by atoms with Gasteiger partial charge >= 0.3 is 0 Å². The van der Waals surface area contributed by atoms with Crippen LogP contribution in [0.2, 0.25) is 0 Å². The van der Waals surface area contributed by atoms with Crippen LogP contribution in [0.5, 0.6) is 5.75 Å². The van der Waals surface area contributed by atoms with E-state index in [4.69, 9.17) is 10.00 Å². The molecule has 0 bridgehead atoms. The molecule has 0 aliphatic heterocycles. The highest BCUT2D eigenvalue weighted by Crippen LogP contribution is 2.20. The molecule has 23 heavy (non-hydrogen) atoms. The lowest BCUT2D eigenvalue weighted by Crippen LogP contribution is -2.08. The summed E-state index contributed by atoms with van der Waals surface area (Å²) < 4.78 is 5.77. The monoisotopic (exact) mass is 304 g/mol. The number of nitrogens with one attached hydrogen (secondary N) is 1. The summed E-state index contributed by atoms with van der Waals surface area (Å²) in [6.45, 7) is 1.35. The van der Waals surface area contributed by atoms with E-state index in [1.165, 1.54) is 10.8 Å². The van der Waals surface area contributed by atoms with Crippen LogP contribution in [0.25, 0.3) is 10.8 Å². The maximum Gasteiger partial charge on any atom is 0.163 e. The Bertz CT molecular complexity index is 824. The van der Waals surface area contributed by atoms with Crippen molar-refractivity contribution in [3.8, 4) is 11.8 Å². The van der Waals surface area contributed by atoms with Crippen molar-refractivity contribution in [2.24, 2.45) is 0 Å². The molecule has 1 aromatic heterocycles. The van der Waals surface area contributed by atoms with Gasteiger partial charge in [-0.05, 0) is 41.5 Å². The average molecular weight is 304 g/mol. The van der Waals surface area contributed by atoms with Gasteiger partial charge in [0.25, 0.3) is 0 Å². The molecule has 0 spiro atoms. The number of benzene rings is 2. The third-order valence-corrected chi connectivity index (χ3v) is 3.40. The molecule has 1 heterocycles. The quantitative estimate of drug-likeness (QED) is 0.707. The zero-order valence-corrected chi connectivity index (χ0v) is 12.6. The molecule has 3 aromatic rings. The van der Waals surface area contributed by atoms with Gasteiger partial charge in [0.1, 0.15) is 17.6 Å². The van der Waals surface area contributed by atoms with Crippen molar-refractivity contribution in [1.29, 1.82) is 5.26 Å². The van der Waals surface area contributed by atoms with Gasteiger partial charge in [-0.1, -0.05) is 30.3 Å². The number of hydrogen-bond donors (Lipinski definition) is 1. The van der Waals surface area contributed by atoms with Crippen molar-refractivity contribution in [3.63, 3.8) is 0 Å². The van der Waals surface area contributed by atoms with Crippen molar-refractivity contribution < 1.29 is 4.74 Å². The molecule has 0 radical (unpaired) electrons. The lowest BCUT2D eigenvalue weighted by atomic mass is 10.1. The molecule has 0 atom stereocenters. The second-order valence-corrected chi connectivity index (χ2v) is 5.05. The van der Waals surface area contributed by atoms with Crippen LogP contribution in [0.3, 0.4) is 0 Å². The molecule has 0 amide bonds. The van der Waals surface area contributed by atoms with Crippen molar-refractivity contribution >= 4 is 16.6 Å². The Morgan fingerprint density at radius 1 is 1.00 bits per heavy atom. The molecule has 0 unspecified atom stereocenters. The summed E-state index contributed by atoms with van der Waals surface area (Å²) in [5.74, 6) is 1.54. The standard InChI is InChI=1S/C18H16N4O/c19-13-16-7-9-18(22-21-16)20-10-3-11-23-17-8-6-14-4-1-2-5-15(14)12-17/h1-2,4-9,12H,3,10-11H2,(H,20,22). The molecule has 114 valence electrons. The van der Waals surface area contributed by atoms with Crippen LogP contribution in [0.1, 0.15) is 12.1 Å². The number of fused-ring (bicyclic) bond motifs is 1. The molecule has 0 fully saturated rings. The third-order valence-electron chi connectivity index (χ3n) is 3.40. The first-order valence-corrected chi connectivity index (χ1v) is 7.44. The van der Waals surface area contributed by atoms with Crippen molar-refractivity contribution in [2.75, 3.05) is 18.5 Å². The first-order chi connectivity index (χ1) is 11.3. The zero-order chi connectivity index (χ0) is 15.9. The van der Waals surface area contributed by atoms with Gasteiger partial charge in [0.15, 0.2) is 5.69 Å². The van der Waals surface area contributed by atoms with Gasteiger partial charge in [-0.25, -0.2) is 0 Å². The van der Waals surface area contributed by atoms with E-state index in [2.05, 4.69) is 39.8 Å². The third kappa shape index (κ3) is 3.95. The van der Waals surface area contributed by atoms with E-state index in [-0.39, 0.29) is 0 Å². The molecule has 5 heteroatoms. The van der Waals surface area contributed by atoms with E-state index in [0.29, 0.717) is 18.1 Å². The fourth-order valence-electron chi connectivity index (χ4n) is 2.22. The number of hydrogen-bond acceptors (Lipinski definition) is 5. The molecule has 0 aliphatic carbocycles. The average Bonchev–Trinajstić information content (AvgIpc) is 2.62. The van der Waals surface area contributed by atoms with Gasteiger partial charge in [-0.2, -0.15) is 5.26 Å². The predicted octanol–water partition coefficient (Wildman–Crippen LogP) is 3.38. The lowest BCUT2D eigenvalue weighted by Gasteiger charge is -2.08. The largest absolute Gasteiger partial charge is 0.494 e. The van der Waals surface area contributed by atoms with E-state index >= 15 is 0 Å². The SMILES string of the molecule is N#Cc1ccc(NCCCOc2ccc3ccccc3c2)nn1. The minimum absolute atomic E-state index is 0.315. The van der Waals surface area contributed by atoms with Gasteiger partial charge in [0, 0.05) is 6.54 Å². The fourth-order valence-corrected chi connectivity index (χ4v) is 2.22. The predicted molar refractivity (Wildman–Crippen MR) is 89.3 cm³/mol. The highest BCUT2D eigenvalue weighted by Gasteiger charge is 1.98. The lowest BCUT2D eigenvalue weighted by molar-refractivity contribution is 0.315. The Morgan fingerprint density at radius 2 is 1.87 bits per heavy atom. The van der Waals surface area contributed by atoms with Gasteiger partial charge in [-0.15, -0.1) is 10.2 Å². The van der Waals surface area contributed by atoms with E-state index < -0.39 is 0 Å². The first kappa shape index (κ1) is 14.8. The second-order valence-electron chi connectivity index (χ2n) is 5.05. The Labute approximate surface area is 134 Å². The number of nitrogens with zero attached hydrogens (tertiary/aromatic N) is 3. The fraction of sp³-hybridized carbons (Fsp3) is 0.167. The summed E-state index contributed by atoms with van der Waals surface area (Å²) in [5, 5.41) is 21.9. The molecule has 1 N–H and O–H groups in total. The van der Waals surface area contributed by atoms with Gasteiger partial charge in [0.2, 0.25) is 0 Å². The van der Waals surface area contributed by atoms with Crippen LogP contribution in [-0.2, 0) is 0 Å². The first-order valence-electron chi connectivity index (χ1n) is 7.44. The number of nitriles is 1. The van der Waals surface area contributed by atoms with Gasteiger partial charge in [-0.3, -0.25) is 0 Å². The summed E-state index contributed by atoms with van der Waals surface area (Å²) >= 11 is 0. The van der Waals surface area contributed by atoms with Crippen LogP contribution in [0, 0.1) is 11.3 Å². The molecule has 2 aromatic carbocycles. The second kappa shape index (κ2) is 7.23. The molecule has 5 nitrogen and oxygen atoms in total. The van der Waals surface area contributed by atoms with Crippen LogP contribution >= 0.6 is 0 Å². The van der Waals surface area contributed by atoms with Crippen LogP contribution in [0.4, 0.5) is 5.82 Å². The number of aromatic nitrogens is 2. The van der Waals surface area contributed by atoms with Crippen molar-refractivity contribution in [1.82, 2.24) is 10.2 Å². The number of ether oxygens (including phenoxy) is 1. The molecule has 0 saturated heterocycles. The minimum Gasteiger partial charge on any atom is -0.494 e. The maximum atomic E-state index is 8.66.